The number of rotatable bonds is 12. The van der Waals surface area contributed by atoms with Crippen LogP contribution < -0.4 is 20.9 Å². The van der Waals surface area contributed by atoms with E-state index in [0.29, 0.717) is 17.0 Å². The van der Waals surface area contributed by atoms with Gasteiger partial charge >= 0.3 is 0 Å². The molecule has 0 aliphatic heterocycles. The third-order valence-electron chi connectivity index (χ3n) is 6.91. The molecule has 1 heterocycles. The zero-order valence-corrected chi connectivity index (χ0v) is 28.6. The highest BCUT2D eigenvalue weighted by Crippen LogP contribution is 2.49. The predicted octanol–water partition coefficient (Wildman–Crippen LogP) is 3.81. The highest BCUT2D eigenvalue weighted by molar-refractivity contribution is 7.99. The van der Waals surface area contributed by atoms with E-state index in [0.717, 1.165) is 16.7 Å². The van der Waals surface area contributed by atoms with Crippen LogP contribution in [0.3, 0.4) is 0 Å². The molecule has 5 aromatic rings. The quantitative estimate of drug-likeness (QED) is 0.0635. The van der Waals surface area contributed by atoms with Gasteiger partial charge in [-0.1, -0.05) is 102 Å². The van der Waals surface area contributed by atoms with Gasteiger partial charge in [-0.15, -0.1) is 10.2 Å². The van der Waals surface area contributed by atoms with Crippen molar-refractivity contribution in [2.75, 3.05) is 23.6 Å². The molecule has 0 saturated heterocycles. The summed E-state index contributed by atoms with van der Waals surface area (Å²) in [5, 5.41) is 14.3. The number of hydrogen-bond acceptors (Lipinski definition) is 10. The number of likely N-dealkylation sites (N-methyl/N-ethyl adjacent to an activating group) is 1. The fourth-order valence-electron chi connectivity index (χ4n) is 4.62. The molecule has 0 saturated carbocycles. The summed E-state index contributed by atoms with van der Waals surface area (Å²) in [6.07, 6.45) is 0. The maximum atomic E-state index is 12.9. The molecule has 0 bridgehead atoms. The number of aromatic nitrogens is 2. The summed E-state index contributed by atoms with van der Waals surface area (Å²) >= 11 is 1.76. The van der Waals surface area contributed by atoms with Crippen molar-refractivity contribution in [3.05, 3.63) is 132 Å². The third kappa shape index (κ3) is 8.00. The van der Waals surface area contributed by atoms with Crippen LogP contribution in [-0.2, 0) is 29.6 Å². The Hall–Kier alpha value is -4.81. The van der Waals surface area contributed by atoms with Gasteiger partial charge in [-0.05, 0) is 52.9 Å². The van der Waals surface area contributed by atoms with E-state index < -0.39 is 35.0 Å². The second-order valence-corrected chi connectivity index (χ2v) is 15.6. The van der Waals surface area contributed by atoms with Gasteiger partial charge in [-0.25, -0.2) is 22.0 Å². The van der Waals surface area contributed by atoms with Crippen LogP contribution in [0.5, 0.6) is 0 Å². The van der Waals surface area contributed by atoms with Crippen molar-refractivity contribution in [1.82, 2.24) is 15.1 Å². The molecule has 13 nitrogen and oxygen atoms in total. The van der Waals surface area contributed by atoms with Crippen molar-refractivity contribution in [3.63, 3.8) is 0 Å². The smallest absolute Gasteiger partial charge is 0.267 e. The molecule has 248 valence electrons. The average Bonchev–Trinajstić information content (AvgIpc) is 3.55. The van der Waals surface area contributed by atoms with Gasteiger partial charge in [0.05, 0.1) is 11.4 Å². The molecule has 5 rings (SSSR count). The van der Waals surface area contributed by atoms with Gasteiger partial charge in [0.25, 0.3) is 20.0 Å². The second-order valence-electron chi connectivity index (χ2n) is 10.3. The SMILES string of the molecule is CN(CC(=O)Nc1ccc(S(=O)(=O)Nc2nnc(S(N)(=O)=O)s2)cc1)/C(N)=N\SC(c1ccccc1)(c1ccccc1)c1ccccc1. The van der Waals surface area contributed by atoms with Crippen LogP contribution in [0.25, 0.3) is 0 Å². The number of nitrogens with two attached hydrogens (primary N) is 2. The van der Waals surface area contributed by atoms with Gasteiger partial charge in [0.1, 0.15) is 4.75 Å². The number of carbonyl (C=O) groups is 1. The van der Waals surface area contributed by atoms with Gasteiger partial charge < -0.3 is 16.0 Å². The van der Waals surface area contributed by atoms with E-state index >= 15 is 0 Å². The van der Waals surface area contributed by atoms with Crippen LogP contribution in [0.1, 0.15) is 16.7 Å². The largest absolute Gasteiger partial charge is 0.369 e. The molecule has 0 radical (unpaired) electrons. The number of sulfonamides is 2. The maximum absolute atomic E-state index is 12.9. The van der Waals surface area contributed by atoms with E-state index in [-0.39, 0.29) is 22.5 Å². The normalized spacial score (nSPS) is 12.3. The Morgan fingerprint density at radius 1 is 0.833 bits per heavy atom. The Morgan fingerprint density at radius 3 is 1.79 bits per heavy atom. The highest BCUT2D eigenvalue weighted by atomic mass is 32.2. The number of primary sulfonamides is 1. The Morgan fingerprint density at radius 2 is 1.33 bits per heavy atom. The number of guanidine groups is 1. The van der Waals surface area contributed by atoms with Crippen LogP contribution in [-0.4, -0.2) is 57.4 Å². The van der Waals surface area contributed by atoms with Crippen LogP contribution in [0.2, 0.25) is 0 Å². The first kappa shape index (κ1) is 34.5. The zero-order valence-electron chi connectivity index (χ0n) is 25.3. The lowest BCUT2D eigenvalue weighted by Gasteiger charge is -2.33. The topological polar surface area (TPSA) is 203 Å². The standard InChI is InChI=1S/C31H30N8O5S4/c1-39(21-27(40)34-25-17-19-26(20-18-25)48(43,44)38-29-35-36-30(45-29)47(33,41)42)28(32)37-46-31(22-11-5-2-6-12-22,23-13-7-3-8-14-23)24-15-9-4-10-16-24/h2-20H,21H2,1H3,(H2,32,37)(H,34,40)(H,35,38)(H2,33,41,42). The summed E-state index contributed by atoms with van der Waals surface area (Å²) in [6, 6.07) is 35.3. The summed E-state index contributed by atoms with van der Waals surface area (Å²) in [4.78, 5) is 14.3. The molecule has 17 heteroatoms. The van der Waals surface area contributed by atoms with E-state index in [1.165, 1.54) is 41.1 Å². The van der Waals surface area contributed by atoms with Gasteiger partial charge in [-0.2, -0.15) is 4.40 Å². The average molecular weight is 723 g/mol. The van der Waals surface area contributed by atoms with Crippen LogP contribution in [0.15, 0.2) is 129 Å². The monoisotopic (exact) mass is 722 g/mol. The second kappa shape index (κ2) is 14.5. The van der Waals surface area contributed by atoms with E-state index in [2.05, 4.69) is 20.2 Å². The Bertz CT molecular complexity index is 2020. The molecule has 0 atom stereocenters. The molecule has 0 fully saturated rings. The lowest BCUT2D eigenvalue weighted by atomic mass is 9.84. The summed E-state index contributed by atoms with van der Waals surface area (Å²) in [5.41, 5.74) is 9.75. The molecule has 0 aliphatic rings. The fraction of sp³-hybridized carbons (Fsp3) is 0.0968. The van der Waals surface area contributed by atoms with Crippen molar-refractivity contribution in [2.45, 2.75) is 14.0 Å². The minimum absolute atomic E-state index is 0.122. The molecule has 1 amide bonds. The summed E-state index contributed by atoms with van der Waals surface area (Å²) in [5.74, 6) is -0.295. The predicted molar refractivity (Wildman–Crippen MR) is 188 cm³/mol. The molecule has 4 aromatic carbocycles. The highest BCUT2D eigenvalue weighted by Gasteiger charge is 2.38. The third-order valence-corrected chi connectivity index (χ3v) is 11.8. The number of nitrogens with one attached hydrogen (secondary N) is 2. The number of carbonyl (C=O) groups excluding carboxylic acids is 1. The van der Waals surface area contributed by atoms with Crippen LogP contribution in [0.4, 0.5) is 10.8 Å². The molecule has 1 aromatic heterocycles. The summed E-state index contributed by atoms with van der Waals surface area (Å²) in [6.45, 7) is -0.143. The Kier molecular flexibility index (Phi) is 10.4. The minimum Gasteiger partial charge on any atom is -0.369 e. The van der Waals surface area contributed by atoms with E-state index in [1.807, 2.05) is 91.0 Å². The van der Waals surface area contributed by atoms with E-state index in [4.69, 9.17) is 15.3 Å². The molecular formula is C31H30N8O5S4. The number of nitrogens with zero attached hydrogens (tertiary/aromatic N) is 4. The van der Waals surface area contributed by atoms with Crippen molar-refractivity contribution >= 4 is 66.0 Å². The number of anilines is 2. The fourth-order valence-corrected chi connectivity index (χ4v) is 8.27. The summed E-state index contributed by atoms with van der Waals surface area (Å²) < 4.78 is 53.9. The van der Waals surface area contributed by atoms with E-state index in [9.17, 15) is 21.6 Å². The minimum atomic E-state index is -4.13. The first-order chi connectivity index (χ1) is 22.9. The molecular weight excluding hydrogens is 693 g/mol. The van der Waals surface area contributed by atoms with Gasteiger partial charge in [0.2, 0.25) is 21.3 Å². The molecule has 0 spiro atoms. The molecule has 0 aliphatic carbocycles. The van der Waals surface area contributed by atoms with Crippen LogP contribution in [0, 0.1) is 0 Å². The van der Waals surface area contributed by atoms with Crippen LogP contribution >= 0.6 is 23.3 Å². The lowest BCUT2D eigenvalue weighted by Crippen LogP contribution is -2.39. The zero-order chi connectivity index (χ0) is 34.4. The Labute approximate surface area is 286 Å². The van der Waals surface area contributed by atoms with Gasteiger partial charge in [-0.3, -0.25) is 9.52 Å². The number of amides is 1. The van der Waals surface area contributed by atoms with Gasteiger partial charge in [0.15, 0.2) is 0 Å². The maximum Gasteiger partial charge on any atom is 0.267 e. The van der Waals surface area contributed by atoms with Crippen molar-refractivity contribution in [3.8, 4) is 0 Å². The lowest BCUT2D eigenvalue weighted by molar-refractivity contribution is -0.116. The van der Waals surface area contributed by atoms with Gasteiger partial charge in [0, 0.05) is 12.7 Å². The van der Waals surface area contributed by atoms with Crippen molar-refractivity contribution < 1.29 is 21.6 Å². The first-order valence-corrected chi connectivity index (χ1v) is 18.7. The van der Waals surface area contributed by atoms with E-state index in [1.54, 1.807) is 7.05 Å². The van der Waals surface area contributed by atoms with Crippen molar-refractivity contribution in [1.29, 1.82) is 0 Å². The number of benzene rings is 4. The Balaban J connectivity index is 1.28. The summed E-state index contributed by atoms with van der Waals surface area (Å²) in [7, 11) is -6.62. The van der Waals surface area contributed by atoms with Crippen molar-refractivity contribution in [2.24, 2.45) is 15.3 Å². The molecule has 48 heavy (non-hydrogen) atoms. The number of hydrogen-bond donors (Lipinski definition) is 4. The molecule has 6 N–H and O–H groups in total. The first-order valence-electron chi connectivity index (χ1n) is 14.1. The molecule has 0 unspecified atom stereocenters.